The number of hydrogen-bond donors (Lipinski definition) is 0. The molecule has 4 spiro atoms. The molecule has 0 bridgehead atoms. The molecule has 288 valence electrons. The molecule has 2 nitrogen and oxygen atoms in total. The van der Waals surface area contributed by atoms with Gasteiger partial charge in [-0.3, -0.25) is 0 Å². The van der Waals surface area contributed by atoms with Gasteiger partial charge in [0.05, 0.1) is 21.7 Å². The van der Waals surface area contributed by atoms with Crippen LogP contribution in [0.3, 0.4) is 0 Å². The van der Waals surface area contributed by atoms with Crippen LogP contribution >= 0.6 is 0 Å². The summed E-state index contributed by atoms with van der Waals surface area (Å²) in [6.07, 6.45) is 0. The smallest absolute Gasteiger partial charge is 0.0505 e. The molecule has 24 aromatic rings. The zero-order valence-electron chi connectivity index (χ0n) is 35.7. The highest BCUT2D eigenvalue weighted by molar-refractivity contribution is 6.77. The minimum absolute atomic E-state index is 0.111. The first-order valence-corrected chi connectivity index (χ1v) is 26.1. The molecule has 2 saturated heterocycles. The van der Waals surface area contributed by atoms with Crippen molar-refractivity contribution in [2.75, 3.05) is 40.3 Å². The SMILES string of the molecule is CN1CC23c4c5c6c7c8c9c(c%10c%11c2c2c4c4c%12c%13c%14c%15c%16c%17c%18c%19c%20c%21c%22c(c%13c4c4c2c2c%11c%11c%10c%10c9c9c%13c8c(c6c%15c5%12)c%16c%13c%18c5c%19c6c%21c(c2c%224)c%11c6c%10c59)C%202CN(C)CC%14%172)C73C1. The molecule has 4 unspecified atom stereocenters. The van der Waals surface area contributed by atoms with Crippen LogP contribution in [-0.2, 0) is 21.7 Å². The zero-order valence-corrected chi connectivity index (χ0v) is 35.7. The Morgan fingerprint density at radius 3 is 0.353 bits per heavy atom. The van der Waals surface area contributed by atoms with Gasteiger partial charge < -0.3 is 9.80 Å². The van der Waals surface area contributed by atoms with Gasteiger partial charge in [0, 0.05) is 26.2 Å². The minimum Gasteiger partial charge on any atom is -0.304 e. The van der Waals surface area contributed by atoms with E-state index in [0.717, 1.165) is 26.2 Å². The summed E-state index contributed by atoms with van der Waals surface area (Å²) in [4.78, 5) is 5.77. The van der Waals surface area contributed by atoms with Crippen LogP contribution in [0.2, 0.25) is 0 Å². The van der Waals surface area contributed by atoms with E-state index in [1.54, 1.807) is 259 Å². The monoisotopic (exact) mass is 834 g/mol. The molecular weight excluding hydrogens is 821 g/mol. The molecule has 10 aliphatic rings. The molecule has 8 aliphatic carbocycles. The molecule has 2 heteroatoms. The van der Waals surface area contributed by atoms with Gasteiger partial charge in [0.2, 0.25) is 0 Å². The van der Waals surface area contributed by atoms with Gasteiger partial charge >= 0.3 is 0 Å². The predicted molar refractivity (Wildman–Crippen MR) is 282 cm³/mol. The Morgan fingerprint density at radius 2 is 0.250 bits per heavy atom. The van der Waals surface area contributed by atoms with Crippen LogP contribution in [0.4, 0.5) is 0 Å². The average molecular weight is 835 g/mol. The molecule has 0 radical (unpaired) electrons. The Hall–Kier alpha value is -7.36. The molecule has 0 N–H and O–H groups in total. The second-order valence-corrected chi connectivity index (χ2v) is 27.0. The molecule has 2 aliphatic heterocycles. The molecular formula is C66H14N2. The standard InChI is InChI=1S/C66H14N2/c1-67-3-63-55-39-23-11-9-7-8-10-12-14-19-29-17(10)27(15(7)23)43(55)45(29)57-47-31(19)22-26(14)42-40-24(12)16(8)28-18(9)30-20-13(11)25-21-32(20)48-52-36-33(21)49(59(63)41(25)39)53-37(36)38-35(51(47)61(53)65(57,63)5-67)34(22)50-54(38)62(52)66-6-68(2)4-64(66,60(42)50)56(40)44(28)46(30)58(48)66/h3-6H2,1-2H3. The lowest BCUT2D eigenvalue weighted by molar-refractivity contribution is 0.394. The summed E-state index contributed by atoms with van der Waals surface area (Å²) in [6.45, 7) is 4.52. The molecule has 0 aromatic heterocycles. The van der Waals surface area contributed by atoms with Crippen LogP contribution in [0.1, 0.15) is 44.5 Å². The molecule has 2 fully saturated rings. The summed E-state index contributed by atoms with van der Waals surface area (Å²) in [7, 11) is 5.09. The third kappa shape index (κ3) is 1.23. The van der Waals surface area contributed by atoms with Gasteiger partial charge in [0.15, 0.2) is 0 Å². The van der Waals surface area contributed by atoms with Crippen molar-refractivity contribution in [3.05, 3.63) is 44.5 Å². The number of rotatable bonds is 0. The highest BCUT2D eigenvalue weighted by Crippen LogP contribution is 2.88. The maximum atomic E-state index is 2.88. The number of benzene rings is 16. The quantitative estimate of drug-likeness (QED) is 0.140. The molecule has 24 aromatic carbocycles. The third-order valence-corrected chi connectivity index (χ3v) is 26.9. The fourth-order valence-corrected chi connectivity index (χ4v) is 27.5. The van der Waals surface area contributed by atoms with Crippen molar-refractivity contribution in [1.82, 2.24) is 9.80 Å². The van der Waals surface area contributed by atoms with Crippen molar-refractivity contribution in [2.24, 2.45) is 0 Å². The van der Waals surface area contributed by atoms with Crippen molar-refractivity contribution in [3.8, 4) is 0 Å². The summed E-state index contributed by atoms with van der Waals surface area (Å²) in [6, 6.07) is 0. The van der Waals surface area contributed by atoms with Gasteiger partial charge in [-0.25, -0.2) is 0 Å². The second kappa shape index (κ2) is 5.41. The predicted octanol–water partition coefficient (Wildman–Crippen LogP) is 14.7. The molecule has 2 heterocycles. The summed E-state index contributed by atoms with van der Waals surface area (Å²) in [5.74, 6) is 0. The van der Waals surface area contributed by atoms with E-state index in [1.165, 1.54) is 0 Å². The van der Waals surface area contributed by atoms with Gasteiger partial charge in [-0.15, -0.1) is 0 Å². The van der Waals surface area contributed by atoms with E-state index in [9.17, 15) is 0 Å². The summed E-state index contributed by atoms with van der Waals surface area (Å²) < 4.78 is 0. The second-order valence-electron chi connectivity index (χ2n) is 27.0. The van der Waals surface area contributed by atoms with Crippen molar-refractivity contribution < 1.29 is 0 Å². The van der Waals surface area contributed by atoms with E-state index in [1.807, 2.05) is 44.5 Å². The molecule has 0 saturated carbocycles. The van der Waals surface area contributed by atoms with E-state index < -0.39 is 0 Å². The number of hydrogen-bond acceptors (Lipinski definition) is 2. The van der Waals surface area contributed by atoms with Gasteiger partial charge in [-0.1, -0.05) is 0 Å². The summed E-state index contributed by atoms with van der Waals surface area (Å²) >= 11 is 0. The van der Waals surface area contributed by atoms with E-state index in [-0.39, 0.29) is 21.7 Å². The normalized spacial score (nSPS) is 29.2. The van der Waals surface area contributed by atoms with Gasteiger partial charge in [0.25, 0.3) is 0 Å². The fraction of sp³-hybridized carbons (Fsp3) is 0.152. The van der Waals surface area contributed by atoms with Crippen molar-refractivity contribution >= 4 is 259 Å². The molecule has 4 atom stereocenters. The average Bonchev–Trinajstić information content (AvgIpc) is 4.17. The fourth-order valence-electron chi connectivity index (χ4n) is 27.5. The first-order valence-electron chi connectivity index (χ1n) is 26.1. The van der Waals surface area contributed by atoms with Crippen molar-refractivity contribution in [3.63, 3.8) is 0 Å². The van der Waals surface area contributed by atoms with E-state index in [2.05, 4.69) is 23.9 Å². The largest absolute Gasteiger partial charge is 0.304 e. The number of likely N-dealkylation sites (N-methyl/N-ethyl adjacent to an activating group) is 2. The first kappa shape index (κ1) is 25.1. The number of nitrogens with zero attached hydrogens (tertiary/aromatic N) is 2. The highest BCUT2D eigenvalue weighted by Gasteiger charge is 2.76. The Kier molecular flexibility index (Phi) is 2.00. The summed E-state index contributed by atoms with van der Waals surface area (Å²) in [5.41, 5.74) is 14.1. The Bertz CT molecular complexity index is 6740. The lowest BCUT2D eigenvalue weighted by atomic mass is 9.50. The van der Waals surface area contributed by atoms with E-state index in [0.29, 0.717) is 0 Å². The van der Waals surface area contributed by atoms with Crippen LogP contribution in [-0.4, -0.2) is 50.1 Å². The minimum atomic E-state index is -0.112. The third-order valence-electron chi connectivity index (χ3n) is 26.9. The first-order chi connectivity index (χ1) is 33.7. The van der Waals surface area contributed by atoms with Crippen molar-refractivity contribution in [2.45, 2.75) is 21.7 Å². The Labute approximate surface area is 372 Å². The maximum absolute atomic E-state index is 2.88. The van der Waals surface area contributed by atoms with E-state index >= 15 is 0 Å². The lowest BCUT2D eigenvalue weighted by Crippen LogP contribution is -2.51. The van der Waals surface area contributed by atoms with Crippen LogP contribution in [0, 0.1) is 0 Å². The summed E-state index contributed by atoms with van der Waals surface area (Å²) in [5, 5.41) is 82.8. The Morgan fingerprint density at radius 1 is 0.162 bits per heavy atom. The van der Waals surface area contributed by atoms with Crippen LogP contribution < -0.4 is 0 Å². The van der Waals surface area contributed by atoms with Gasteiger partial charge in [-0.2, -0.15) is 0 Å². The van der Waals surface area contributed by atoms with Crippen LogP contribution in [0.5, 0.6) is 0 Å². The van der Waals surface area contributed by atoms with E-state index in [4.69, 9.17) is 0 Å². The topological polar surface area (TPSA) is 6.48 Å². The van der Waals surface area contributed by atoms with Crippen molar-refractivity contribution in [1.29, 1.82) is 0 Å². The molecule has 34 rings (SSSR count). The Balaban J connectivity index is 1.23. The maximum Gasteiger partial charge on any atom is 0.0505 e. The molecule has 0 amide bonds. The highest BCUT2D eigenvalue weighted by atomic mass is 15.2. The number of likely N-dealkylation sites (tertiary alicyclic amines) is 2. The van der Waals surface area contributed by atoms with Gasteiger partial charge in [0.1, 0.15) is 0 Å². The van der Waals surface area contributed by atoms with Crippen LogP contribution in [0.15, 0.2) is 0 Å². The zero-order chi connectivity index (χ0) is 40.3. The van der Waals surface area contributed by atoms with Crippen LogP contribution in [0.25, 0.3) is 259 Å². The van der Waals surface area contributed by atoms with Gasteiger partial charge in [-0.05, 0) is 317 Å². The lowest BCUT2D eigenvalue weighted by Gasteiger charge is -2.50. The molecule has 68 heavy (non-hydrogen) atoms.